The highest BCUT2D eigenvalue weighted by Crippen LogP contribution is 2.31. The number of para-hydroxylation sites is 1. The first-order valence-electron chi connectivity index (χ1n) is 12.0. The van der Waals surface area contributed by atoms with E-state index >= 15 is 0 Å². The molecular formula is C29H33N3O3. The van der Waals surface area contributed by atoms with Gasteiger partial charge in [0.25, 0.3) is 5.91 Å². The van der Waals surface area contributed by atoms with Crippen molar-refractivity contribution >= 4 is 16.9 Å². The fourth-order valence-corrected chi connectivity index (χ4v) is 4.28. The SMILES string of the molecule is CCCCn1c(-c2ccc(C)c(C)c2)nc2cc(C(=O)NCc3cccc(OC)c3OC)ccc21. The molecule has 0 aliphatic carbocycles. The molecule has 0 radical (unpaired) electrons. The van der Waals surface area contributed by atoms with Crippen LogP contribution in [0.25, 0.3) is 22.4 Å². The van der Waals surface area contributed by atoms with Crippen LogP contribution in [0.4, 0.5) is 0 Å². The summed E-state index contributed by atoms with van der Waals surface area (Å²) in [5.41, 5.74) is 6.88. The molecule has 0 fully saturated rings. The van der Waals surface area contributed by atoms with Gasteiger partial charge in [0, 0.05) is 29.8 Å². The lowest BCUT2D eigenvalue weighted by Gasteiger charge is -2.13. The van der Waals surface area contributed by atoms with E-state index in [0.717, 1.165) is 47.4 Å². The molecular weight excluding hydrogens is 438 g/mol. The number of unbranched alkanes of at least 4 members (excludes halogenated alkanes) is 1. The largest absolute Gasteiger partial charge is 0.493 e. The number of aryl methyl sites for hydroxylation is 3. The molecule has 0 atom stereocenters. The van der Waals surface area contributed by atoms with Crippen molar-refractivity contribution in [3.8, 4) is 22.9 Å². The molecule has 1 N–H and O–H groups in total. The van der Waals surface area contributed by atoms with Crippen LogP contribution in [0.15, 0.2) is 54.6 Å². The topological polar surface area (TPSA) is 65.4 Å². The lowest BCUT2D eigenvalue weighted by Crippen LogP contribution is -2.23. The second-order valence-corrected chi connectivity index (χ2v) is 8.78. The molecule has 4 rings (SSSR count). The van der Waals surface area contributed by atoms with Gasteiger partial charge in [0.05, 0.1) is 25.3 Å². The van der Waals surface area contributed by atoms with Crippen molar-refractivity contribution in [3.05, 3.63) is 76.9 Å². The van der Waals surface area contributed by atoms with E-state index in [0.29, 0.717) is 23.6 Å². The molecule has 0 saturated carbocycles. The summed E-state index contributed by atoms with van der Waals surface area (Å²) in [5, 5.41) is 3.00. The first-order valence-corrected chi connectivity index (χ1v) is 12.0. The van der Waals surface area contributed by atoms with Gasteiger partial charge in [-0.25, -0.2) is 4.98 Å². The molecule has 0 saturated heterocycles. The van der Waals surface area contributed by atoms with Crippen LogP contribution in [0.1, 0.15) is 46.8 Å². The highest BCUT2D eigenvalue weighted by molar-refractivity contribution is 5.98. The Kier molecular flexibility index (Phi) is 7.39. The Bertz CT molecular complexity index is 1360. The minimum atomic E-state index is -0.160. The third-order valence-corrected chi connectivity index (χ3v) is 6.43. The van der Waals surface area contributed by atoms with Crippen LogP contribution in [0, 0.1) is 13.8 Å². The van der Waals surface area contributed by atoms with Gasteiger partial charge in [-0.15, -0.1) is 0 Å². The van der Waals surface area contributed by atoms with Crippen molar-refractivity contribution in [2.75, 3.05) is 14.2 Å². The number of carbonyl (C=O) groups excluding carboxylic acids is 1. The Morgan fingerprint density at radius 1 is 1.00 bits per heavy atom. The third kappa shape index (κ3) is 5.02. The van der Waals surface area contributed by atoms with E-state index in [9.17, 15) is 4.79 Å². The number of benzene rings is 3. The number of fused-ring (bicyclic) bond motifs is 1. The van der Waals surface area contributed by atoms with Crippen LogP contribution in [0.2, 0.25) is 0 Å². The van der Waals surface area contributed by atoms with Crippen molar-refractivity contribution in [2.24, 2.45) is 0 Å². The monoisotopic (exact) mass is 471 g/mol. The average molecular weight is 472 g/mol. The van der Waals surface area contributed by atoms with Crippen molar-refractivity contribution in [3.63, 3.8) is 0 Å². The number of methoxy groups -OCH3 is 2. The van der Waals surface area contributed by atoms with Crippen LogP contribution >= 0.6 is 0 Å². The second-order valence-electron chi connectivity index (χ2n) is 8.78. The lowest BCUT2D eigenvalue weighted by molar-refractivity contribution is 0.0950. The predicted octanol–water partition coefficient (Wildman–Crippen LogP) is 6.07. The van der Waals surface area contributed by atoms with E-state index in [2.05, 4.69) is 48.9 Å². The molecule has 1 heterocycles. The summed E-state index contributed by atoms with van der Waals surface area (Å²) >= 11 is 0. The smallest absolute Gasteiger partial charge is 0.251 e. The number of amides is 1. The third-order valence-electron chi connectivity index (χ3n) is 6.43. The number of imidazole rings is 1. The summed E-state index contributed by atoms with van der Waals surface area (Å²) in [6.07, 6.45) is 2.16. The van der Waals surface area contributed by atoms with E-state index in [1.807, 2.05) is 36.4 Å². The Morgan fingerprint density at radius 2 is 1.83 bits per heavy atom. The molecule has 1 amide bonds. The first-order chi connectivity index (χ1) is 17.0. The lowest BCUT2D eigenvalue weighted by atomic mass is 10.1. The number of aromatic nitrogens is 2. The number of carbonyl (C=O) groups is 1. The Labute approximate surface area is 206 Å². The number of rotatable bonds is 9. The van der Waals surface area contributed by atoms with Crippen molar-refractivity contribution < 1.29 is 14.3 Å². The summed E-state index contributed by atoms with van der Waals surface area (Å²) in [6, 6.07) is 17.8. The fourth-order valence-electron chi connectivity index (χ4n) is 4.28. The summed E-state index contributed by atoms with van der Waals surface area (Å²) < 4.78 is 13.1. The van der Waals surface area contributed by atoms with Gasteiger partial charge in [0.15, 0.2) is 11.5 Å². The standard InChI is InChI=1S/C29H33N3O3/c1-6-7-15-32-25-14-13-22(17-24(25)31-28(32)21-12-11-19(2)20(3)16-21)29(33)30-18-23-9-8-10-26(34-4)27(23)35-5/h8-14,16-17H,6-7,15,18H2,1-5H3,(H,30,33). The zero-order valence-electron chi connectivity index (χ0n) is 21.1. The molecule has 6 nitrogen and oxygen atoms in total. The zero-order valence-corrected chi connectivity index (χ0v) is 21.1. The Hall–Kier alpha value is -3.80. The van der Waals surface area contributed by atoms with E-state index in [-0.39, 0.29) is 5.91 Å². The molecule has 3 aromatic carbocycles. The fraction of sp³-hybridized carbons (Fsp3) is 0.310. The summed E-state index contributed by atoms with van der Waals surface area (Å²) in [7, 11) is 3.19. The van der Waals surface area contributed by atoms with Crippen LogP contribution in [-0.2, 0) is 13.1 Å². The molecule has 4 aromatic rings. The molecule has 0 aliphatic heterocycles. The quantitative estimate of drug-likeness (QED) is 0.322. The Morgan fingerprint density at radius 3 is 2.54 bits per heavy atom. The molecule has 1 aromatic heterocycles. The van der Waals surface area contributed by atoms with E-state index < -0.39 is 0 Å². The molecule has 182 valence electrons. The van der Waals surface area contributed by atoms with Gasteiger partial charge in [-0.2, -0.15) is 0 Å². The maximum atomic E-state index is 13.0. The molecule has 35 heavy (non-hydrogen) atoms. The molecule has 6 heteroatoms. The number of hydrogen-bond acceptors (Lipinski definition) is 4. The van der Waals surface area contributed by atoms with Crippen LogP contribution < -0.4 is 14.8 Å². The average Bonchev–Trinajstić information content (AvgIpc) is 3.24. The van der Waals surface area contributed by atoms with Gasteiger partial charge in [-0.3, -0.25) is 4.79 Å². The number of hydrogen-bond donors (Lipinski definition) is 1. The van der Waals surface area contributed by atoms with E-state index in [1.165, 1.54) is 11.1 Å². The summed E-state index contributed by atoms with van der Waals surface area (Å²) in [5.74, 6) is 2.04. The normalized spacial score (nSPS) is 11.0. The van der Waals surface area contributed by atoms with Crippen LogP contribution in [0.3, 0.4) is 0 Å². The van der Waals surface area contributed by atoms with Gasteiger partial charge in [0.2, 0.25) is 0 Å². The van der Waals surface area contributed by atoms with Crippen LogP contribution in [0.5, 0.6) is 11.5 Å². The summed E-state index contributed by atoms with van der Waals surface area (Å²) in [6.45, 7) is 7.64. The highest BCUT2D eigenvalue weighted by Gasteiger charge is 2.16. The number of nitrogens with zero attached hydrogens (tertiary/aromatic N) is 2. The van der Waals surface area contributed by atoms with Crippen molar-refractivity contribution in [1.82, 2.24) is 14.9 Å². The maximum Gasteiger partial charge on any atom is 0.251 e. The molecule has 0 bridgehead atoms. The zero-order chi connectivity index (χ0) is 24.9. The number of nitrogens with one attached hydrogen (secondary N) is 1. The van der Waals surface area contributed by atoms with Crippen molar-refractivity contribution in [2.45, 2.75) is 46.7 Å². The summed E-state index contributed by atoms with van der Waals surface area (Å²) in [4.78, 5) is 18.0. The van der Waals surface area contributed by atoms with E-state index in [4.69, 9.17) is 14.5 Å². The van der Waals surface area contributed by atoms with Gasteiger partial charge < -0.3 is 19.4 Å². The minimum Gasteiger partial charge on any atom is -0.493 e. The molecule has 0 aliphatic rings. The molecule has 0 spiro atoms. The van der Waals surface area contributed by atoms with Gasteiger partial charge >= 0.3 is 0 Å². The second kappa shape index (κ2) is 10.6. The number of ether oxygens (including phenoxy) is 2. The van der Waals surface area contributed by atoms with Crippen molar-refractivity contribution in [1.29, 1.82) is 0 Å². The molecule has 0 unspecified atom stereocenters. The van der Waals surface area contributed by atoms with E-state index in [1.54, 1.807) is 14.2 Å². The van der Waals surface area contributed by atoms with Gasteiger partial charge in [0.1, 0.15) is 5.82 Å². The first kappa shape index (κ1) is 24.3. The van der Waals surface area contributed by atoms with Crippen LogP contribution in [-0.4, -0.2) is 29.7 Å². The Balaban J connectivity index is 1.64. The van der Waals surface area contributed by atoms with Gasteiger partial charge in [-0.1, -0.05) is 37.6 Å². The predicted molar refractivity (Wildman–Crippen MR) is 140 cm³/mol. The maximum absolute atomic E-state index is 13.0. The van der Waals surface area contributed by atoms with Gasteiger partial charge in [-0.05, 0) is 61.7 Å². The minimum absolute atomic E-state index is 0.160. The highest BCUT2D eigenvalue weighted by atomic mass is 16.5.